The van der Waals surface area contributed by atoms with Crippen LogP contribution in [0.1, 0.15) is 13.8 Å². The second-order valence-electron chi connectivity index (χ2n) is 1.94. The van der Waals surface area contributed by atoms with E-state index in [1.165, 1.54) is 6.92 Å². The van der Waals surface area contributed by atoms with E-state index in [-0.39, 0.29) is 6.61 Å². The zero-order valence-corrected chi connectivity index (χ0v) is 6.99. The summed E-state index contributed by atoms with van der Waals surface area (Å²) in [7, 11) is 0. The van der Waals surface area contributed by atoms with Crippen LogP contribution in [-0.2, 0) is 19.1 Å². The first kappa shape index (κ1) is 10.5. The minimum Gasteiger partial charge on any atom is -0.463 e. The molecule has 0 N–H and O–H groups in total. The Labute approximate surface area is 70.8 Å². The predicted octanol–water partition coefficient (Wildman–Crippen LogP) is 0.114. The molecule has 0 aliphatic rings. The van der Waals surface area contributed by atoms with Gasteiger partial charge in [-0.1, -0.05) is 0 Å². The second kappa shape index (κ2) is 5.19. The fraction of sp³-hybridized carbons (Fsp3) is 0.500. The monoisotopic (exact) mass is 170 g/mol. The molecule has 0 spiro atoms. The van der Waals surface area contributed by atoms with Crippen LogP contribution in [0.2, 0.25) is 0 Å². The van der Waals surface area contributed by atoms with Crippen LogP contribution in [0.25, 0.3) is 0 Å². The lowest BCUT2D eigenvalue weighted by Crippen LogP contribution is -2.25. The normalized spacial score (nSPS) is 11.1. The molecule has 12 heavy (non-hydrogen) atoms. The third-order valence-electron chi connectivity index (χ3n) is 1.02. The molecule has 0 saturated carbocycles. The van der Waals surface area contributed by atoms with Gasteiger partial charge in [0.05, 0.1) is 6.61 Å². The molecule has 4 heteroatoms. The summed E-state index contributed by atoms with van der Waals surface area (Å²) in [5.74, 6) is 0.262. The average Bonchev–Trinajstić information content (AvgIpc) is 2.04. The molecule has 0 bridgehead atoms. The quantitative estimate of drug-likeness (QED) is 0.343. The van der Waals surface area contributed by atoms with Crippen LogP contribution in [0.3, 0.4) is 0 Å². The van der Waals surface area contributed by atoms with Crippen LogP contribution in [0, 0.1) is 12.3 Å². The highest BCUT2D eigenvalue weighted by atomic mass is 16.6. The summed E-state index contributed by atoms with van der Waals surface area (Å²) in [6, 6.07) is 0. The van der Waals surface area contributed by atoms with Gasteiger partial charge in [0.1, 0.15) is 0 Å². The molecule has 0 aromatic heterocycles. The smallest absolute Gasteiger partial charge is 0.384 e. The topological polar surface area (TPSA) is 52.6 Å². The van der Waals surface area contributed by atoms with Gasteiger partial charge in [0.25, 0.3) is 0 Å². The van der Waals surface area contributed by atoms with Crippen molar-refractivity contribution in [1.82, 2.24) is 0 Å². The standard InChI is InChI=1S/C8H10O4/c1-4-7(9)12-6(3)8(10)11-5-2/h1,6H,5H2,2-3H3/t6-/m0/s1. The minimum absolute atomic E-state index is 0.247. The molecule has 0 heterocycles. The average molecular weight is 170 g/mol. The first-order chi connectivity index (χ1) is 5.61. The van der Waals surface area contributed by atoms with Gasteiger partial charge >= 0.3 is 11.9 Å². The zero-order valence-electron chi connectivity index (χ0n) is 6.99. The van der Waals surface area contributed by atoms with Crippen molar-refractivity contribution >= 4 is 11.9 Å². The van der Waals surface area contributed by atoms with E-state index in [0.717, 1.165) is 0 Å². The summed E-state index contributed by atoms with van der Waals surface area (Å²) in [5, 5.41) is 0. The van der Waals surface area contributed by atoms with Crippen LogP contribution in [0.15, 0.2) is 0 Å². The predicted molar refractivity (Wildman–Crippen MR) is 41.0 cm³/mol. The van der Waals surface area contributed by atoms with E-state index in [1.807, 2.05) is 0 Å². The molecule has 0 amide bonds. The van der Waals surface area contributed by atoms with Gasteiger partial charge in [-0.2, -0.15) is 0 Å². The number of terminal acetylenes is 1. The third kappa shape index (κ3) is 3.62. The van der Waals surface area contributed by atoms with Gasteiger partial charge in [-0.25, -0.2) is 9.59 Å². The highest BCUT2D eigenvalue weighted by Crippen LogP contribution is 1.94. The van der Waals surface area contributed by atoms with Gasteiger partial charge in [-0.15, -0.1) is 6.42 Å². The fourth-order valence-electron chi connectivity index (χ4n) is 0.502. The number of carbonyl (C=O) groups excluding carboxylic acids is 2. The Kier molecular flexibility index (Phi) is 4.54. The van der Waals surface area contributed by atoms with Crippen LogP contribution in [-0.4, -0.2) is 24.6 Å². The molecule has 0 aliphatic carbocycles. The van der Waals surface area contributed by atoms with Crippen molar-refractivity contribution in [2.75, 3.05) is 6.61 Å². The van der Waals surface area contributed by atoms with Gasteiger partial charge in [0, 0.05) is 5.92 Å². The molecule has 0 rings (SSSR count). The Balaban J connectivity index is 3.88. The third-order valence-corrected chi connectivity index (χ3v) is 1.02. The van der Waals surface area contributed by atoms with E-state index in [2.05, 4.69) is 9.47 Å². The SMILES string of the molecule is C#CC(=O)O[C@@H](C)C(=O)OCC. The molecular weight excluding hydrogens is 160 g/mol. The Morgan fingerprint density at radius 2 is 2.17 bits per heavy atom. The van der Waals surface area contributed by atoms with Gasteiger partial charge in [0.15, 0.2) is 6.10 Å². The number of ether oxygens (including phenoxy) is 2. The maximum absolute atomic E-state index is 10.8. The molecule has 0 aromatic rings. The molecule has 0 radical (unpaired) electrons. The highest BCUT2D eigenvalue weighted by molar-refractivity contribution is 5.89. The van der Waals surface area contributed by atoms with E-state index in [0.29, 0.717) is 0 Å². The molecule has 4 nitrogen and oxygen atoms in total. The summed E-state index contributed by atoms with van der Waals surface area (Å²) in [6.45, 7) is 3.30. The van der Waals surface area contributed by atoms with E-state index in [9.17, 15) is 9.59 Å². The van der Waals surface area contributed by atoms with Crippen molar-refractivity contribution in [3.63, 3.8) is 0 Å². The van der Waals surface area contributed by atoms with Crippen LogP contribution in [0.4, 0.5) is 0 Å². The van der Waals surface area contributed by atoms with E-state index >= 15 is 0 Å². The van der Waals surface area contributed by atoms with Gasteiger partial charge < -0.3 is 9.47 Å². The van der Waals surface area contributed by atoms with Gasteiger partial charge in [-0.3, -0.25) is 0 Å². The van der Waals surface area contributed by atoms with Crippen molar-refractivity contribution in [1.29, 1.82) is 0 Å². The maximum Gasteiger partial charge on any atom is 0.384 e. The molecular formula is C8H10O4. The van der Waals surface area contributed by atoms with Crippen LogP contribution < -0.4 is 0 Å². The molecule has 0 unspecified atom stereocenters. The molecule has 0 saturated heterocycles. The molecule has 0 aromatic carbocycles. The fourth-order valence-corrected chi connectivity index (χ4v) is 0.502. The Morgan fingerprint density at radius 1 is 1.58 bits per heavy atom. The van der Waals surface area contributed by atoms with Crippen molar-refractivity contribution in [2.24, 2.45) is 0 Å². The van der Waals surface area contributed by atoms with Crippen LogP contribution >= 0.6 is 0 Å². The first-order valence-corrected chi connectivity index (χ1v) is 3.45. The summed E-state index contributed by atoms with van der Waals surface area (Å²) in [6.07, 6.45) is 3.78. The summed E-state index contributed by atoms with van der Waals surface area (Å²) < 4.78 is 9.03. The summed E-state index contributed by atoms with van der Waals surface area (Å²) in [5.41, 5.74) is 0. The lowest BCUT2D eigenvalue weighted by Gasteiger charge is -2.08. The Bertz CT molecular complexity index is 214. The number of hydrogen-bond donors (Lipinski definition) is 0. The highest BCUT2D eigenvalue weighted by Gasteiger charge is 2.17. The maximum atomic E-state index is 10.8. The van der Waals surface area contributed by atoms with Crippen molar-refractivity contribution < 1.29 is 19.1 Å². The van der Waals surface area contributed by atoms with Crippen molar-refractivity contribution in [3.8, 4) is 12.3 Å². The molecule has 1 atom stereocenters. The zero-order chi connectivity index (χ0) is 9.56. The summed E-state index contributed by atoms with van der Waals surface area (Å²) in [4.78, 5) is 21.3. The Hall–Kier alpha value is -1.50. The number of rotatable bonds is 3. The van der Waals surface area contributed by atoms with Crippen LogP contribution in [0.5, 0.6) is 0 Å². The number of carbonyl (C=O) groups is 2. The Morgan fingerprint density at radius 3 is 2.58 bits per heavy atom. The summed E-state index contributed by atoms with van der Waals surface area (Å²) >= 11 is 0. The van der Waals surface area contributed by atoms with E-state index in [1.54, 1.807) is 12.8 Å². The van der Waals surface area contributed by atoms with Gasteiger partial charge in [0.2, 0.25) is 0 Å². The number of hydrogen-bond acceptors (Lipinski definition) is 4. The molecule has 0 aliphatic heterocycles. The minimum atomic E-state index is -0.937. The lowest BCUT2D eigenvalue weighted by molar-refractivity contribution is -0.162. The van der Waals surface area contributed by atoms with Crippen molar-refractivity contribution in [2.45, 2.75) is 20.0 Å². The largest absolute Gasteiger partial charge is 0.463 e. The molecule has 66 valence electrons. The van der Waals surface area contributed by atoms with E-state index in [4.69, 9.17) is 6.42 Å². The second-order valence-corrected chi connectivity index (χ2v) is 1.94. The van der Waals surface area contributed by atoms with Gasteiger partial charge in [-0.05, 0) is 13.8 Å². The van der Waals surface area contributed by atoms with Crippen molar-refractivity contribution in [3.05, 3.63) is 0 Å². The number of esters is 2. The first-order valence-electron chi connectivity index (χ1n) is 3.45. The van der Waals surface area contributed by atoms with E-state index < -0.39 is 18.0 Å². The molecule has 0 fully saturated rings. The lowest BCUT2D eigenvalue weighted by atomic mass is 10.4.